The topological polar surface area (TPSA) is 17.8 Å². The van der Waals surface area contributed by atoms with Crippen LogP contribution in [-0.2, 0) is 7.05 Å². The predicted molar refractivity (Wildman–Crippen MR) is 38.1 cm³/mol. The second kappa shape index (κ2) is 7.95. The summed E-state index contributed by atoms with van der Waals surface area (Å²) in [4.78, 5) is 0. The van der Waals surface area contributed by atoms with Crippen LogP contribution in [-0.4, -0.2) is 9.78 Å². The number of nitrogens with zero attached hydrogens (tertiary/aromatic N) is 2. The third-order valence-corrected chi connectivity index (χ3v) is 0.768. The van der Waals surface area contributed by atoms with E-state index in [1.165, 1.54) is 0 Å². The molecule has 0 amide bonds. The molecule has 52 valence electrons. The molecular formula is C7H13KN2. The number of hydrogen-bond donors (Lipinski definition) is 0. The Bertz CT molecular complexity index is 144. The SMILES string of the molecule is CC.Cc1[c-]cn(C)n1.[K+]. The molecule has 0 saturated carbocycles. The van der Waals surface area contributed by atoms with Crippen molar-refractivity contribution in [3.63, 3.8) is 0 Å². The van der Waals surface area contributed by atoms with Gasteiger partial charge in [0, 0.05) is 7.05 Å². The minimum atomic E-state index is 0. The van der Waals surface area contributed by atoms with Crippen molar-refractivity contribution < 1.29 is 51.4 Å². The molecule has 0 aliphatic heterocycles. The monoisotopic (exact) mass is 164 g/mol. The Morgan fingerprint density at radius 2 is 2.00 bits per heavy atom. The van der Waals surface area contributed by atoms with E-state index in [-0.39, 0.29) is 51.4 Å². The van der Waals surface area contributed by atoms with Crippen molar-refractivity contribution in [1.82, 2.24) is 9.78 Å². The first-order chi connectivity index (χ1) is 4.29. The van der Waals surface area contributed by atoms with Gasteiger partial charge in [-0.2, -0.15) is 6.20 Å². The first-order valence-corrected chi connectivity index (χ1v) is 3.17. The Hall–Kier alpha value is 0.846. The van der Waals surface area contributed by atoms with Crippen LogP contribution in [0.3, 0.4) is 0 Å². The van der Waals surface area contributed by atoms with Crippen LogP contribution in [0.1, 0.15) is 19.5 Å². The Morgan fingerprint density at radius 1 is 1.50 bits per heavy atom. The third-order valence-electron chi connectivity index (χ3n) is 0.768. The second-order valence-corrected chi connectivity index (χ2v) is 1.53. The molecule has 0 radical (unpaired) electrons. The average Bonchev–Trinajstić information content (AvgIpc) is 2.20. The van der Waals surface area contributed by atoms with E-state index in [4.69, 9.17) is 0 Å². The van der Waals surface area contributed by atoms with Gasteiger partial charge in [-0.1, -0.05) is 20.8 Å². The van der Waals surface area contributed by atoms with E-state index < -0.39 is 0 Å². The van der Waals surface area contributed by atoms with Gasteiger partial charge in [-0.3, -0.25) is 0 Å². The maximum Gasteiger partial charge on any atom is 1.00 e. The maximum absolute atomic E-state index is 3.97. The summed E-state index contributed by atoms with van der Waals surface area (Å²) in [6.45, 7) is 5.92. The minimum Gasteiger partial charge on any atom is -0.429 e. The van der Waals surface area contributed by atoms with Crippen molar-refractivity contribution in [2.24, 2.45) is 7.05 Å². The van der Waals surface area contributed by atoms with Gasteiger partial charge in [0.05, 0.1) is 0 Å². The van der Waals surface area contributed by atoms with Crippen LogP contribution < -0.4 is 51.4 Å². The molecule has 0 unspecified atom stereocenters. The molecule has 0 N–H and O–H groups in total. The van der Waals surface area contributed by atoms with E-state index in [9.17, 15) is 0 Å². The molecule has 1 rings (SSSR count). The van der Waals surface area contributed by atoms with E-state index in [0.717, 1.165) is 5.69 Å². The standard InChI is InChI=1S/C5H7N2.C2H6.K/c1-5-3-4-7(2)6-5;1-2;/h4H,1-2H3;1-2H3;/q-1;;+1. The van der Waals surface area contributed by atoms with Crippen molar-refractivity contribution in [3.8, 4) is 0 Å². The molecule has 0 bridgehead atoms. The fourth-order valence-electron chi connectivity index (χ4n) is 0.481. The average molecular weight is 164 g/mol. The maximum atomic E-state index is 3.97. The summed E-state index contributed by atoms with van der Waals surface area (Å²) < 4.78 is 1.73. The van der Waals surface area contributed by atoms with Crippen molar-refractivity contribution in [2.45, 2.75) is 20.8 Å². The van der Waals surface area contributed by atoms with Crippen LogP contribution in [0, 0.1) is 13.0 Å². The summed E-state index contributed by atoms with van der Waals surface area (Å²) >= 11 is 0. The third kappa shape index (κ3) is 5.62. The van der Waals surface area contributed by atoms with Gasteiger partial charge in [0.15, 0.2) is 0 Å². The molecule has 0 aliphatic rings. The second-order valence-electron chi connectivity index (χ2n) is 1.53. The summed E-state index contributed by atoms with van der Waals surface area (Å²) in [5, 5.41) is 3.97. The predicted octanol–water partition coefficient (Wildman–Crippen LogP) is -1.44. The van der Waals surface area contributed by atoms with Gasteiger partial charge in [-0.05, 0) is 0 Å². The molecule has 1 aromatic rings. The number of aromatic nitrogens is 2. The molecule has 3 heteroatoms. The molecule has 0 spiro atoms. The van der Waals surface area contributed by atoms with E-state index in [1.807, 2.05) is 27.8 Å². The first-order valence-electron chi connectivity index (χ1n) is 3.17. The summed E-state index contributed by atoms with van der Waals surface area (Å²) in [6.07, 6.45) is 1.80. The molecule has 0 saturated heterocycles. The zero-order valence-corrected chi connectivity index (χ0v) is 10.6. The quantitative estimate of drug-likeness (QED) is 0.339. The Kier molecular flexibility index (Phi) is 10.7. The van der Waals surface area contributed by atoms with Gasteiger partial charge in [0.1, 0.15) is 0 Å². The van der Waals surface area contributed by atoms with Gasteiger partial charge in [0.25, 0.3) is 0 Å². The normalized spacial score (nSPS) is 7.20. The molecule has 0 aliphatic carbocycles. The molecule has 0 aromatic carbocycles. The molecule has 10 heavy (non-hydrogen) atoms. The fraction of sp³-hybridized carbons (Fsp3) is 0.571. The van der Waals surface area contributed by atoms with Gasteiger partial charge in [0.2, 0.25) is 0 Å². The smallest absolute Gasteiger partial charge is 0.429 e. The van der Waals surface area contributed by atoms with E-state index in [1.54, 1.807) is 10.9 Å². The zero-order chi connectivity index (χ0) is 7.28. The van der Waals surface area contributed by atoms with Crippen LogP contribution in [0.25, 0.3) is 0 Å². The summed E-state index contributed by atoms with van der Waals surface area (Å²) in [5.41, 5.74) is 0.947. The zero-order valence-electron chi connectivity index (χ0n) is 7.47. The number of hydrogen-bond acceptors (Lipinski definition) is 1. The Balaban J connectivity index is 0. The van der Waals surface area contributed by atoms with Crippen LogP contribution in [0.5, 0.6) is 0 Å². The minimum absolute atomic E-state index is 0. The van der Waals surface area contributed by atoms with Gasteiger partial charge in [-0.25, -0.2) is 5.10 Å². The van der Waals surface area contributed by atoms with Gasteiger partial charge < -0.3 is 10.7 Å². The number of rotatable bonds is 0. The summed E-state index contributed by atoms with van der Waals surface area (Å²) in [6, 6.07) is 2.92. The molecule has 1 aromatic heterocycles. The largest absolute Gasteiger partial charge is 1.00 e. The molecular weight excluding hydrogens is 151 g/mol. The van der Waals surface area contributed by atoms with Crippen molar-refractivity contribution in [1.29, 1.82) is 0 Å². The molecule has 2 nitrogen and oxygen atoms in total. The Morgan fingerprint density at radius 3 is 2.10 bits per heavy atom. The van der Waals surface area contributed by atoms with Crippen molar-refractivity contribution >= 4 is 0 Å². The molecule has 0 fully saturated rings. The van der Waals surface area contributed by atoms with E-state index >= 15 is 0 Å². The fourth-order valence-corrected chi connectivity index (χ4v) is 0.481. The van der Waals surface area contributed by atoms with Gasteiger partial charge >= 0.3 is 51.4 Å². The van der Waals surface area contributed by atoms with E-state index in [2.05, 4.69) is 11.2 Å². The summed E-state index contributed by atoms with van der Waals surface area (Å²) in [7, 11) is 1.88. The van der Waals surface area contributed by atoms with Crippen LogP contribution in [0.4, 0.5) is 0 Å². The molecule has 1 heterocycles. The van der Waals surface area contributed by atoms with Crippen molar-refractivity contribution in [2.75, 3.05) is 0 Å². The van der Waals surface area contributed by atoms with E-state index in [0.29, 0.717) is 0 Å². The van der Waals surface area contributed by atoms with Crippen LogP contribution in [0.15, 0.2) is 6.20 Å². The van der Waals surface area contributed by atoms with Crippen LogP contribution in [0.2, 0.25) is 0 Å². The first kappa shape index (κ1) is 13.4. The van der Waals surface area contributed by atoms with Crippen LogP contribution >= 0.6 is 0 Å². The number of aryl methyl sites for hydroxylation is 2. The molecule has 0 atom stereocenters. The summed E-state index contributed by atoms with van der Waals surface area (Å²) in [5.74, 6) is 0. The Labute approximate surface area is 105 Å². The van der Waals surface area contributed by atoms with Gasteiger partial charge in [-0.15, -0.1) is 5.69 Å². The van der Waals surface area contributed by atoms with Crippen molar-refractivity contribution in [3.05, 3.63) is 18.0 Å².